The van der Waals surface area contributed by atoms with Crippen molar-refractivity contribution in [2.75, 3.05) is 18.2 Å². The van der Waals surface area contributed by atoms with E-state index in [2.05, 4.69) is 21.2 Å². The van der Waals surface area contributed by atoms with Crippen molar-refractivity contribution in [1.82, 2.24) is 0 Å². The molecule has 4 atom stereocenters. The molecule has 29 heavy (non-hydrogen) atoms. The average molecular weight is 474 g/mol. The molecule has 5 nitrogen and oxygen atoms in total. The summed E-state index contributed by atoms with van der Waals surface area (Å²) < 4.78 is 4.73. The van der Waals surface area contributed by atoms with Crippen LogP contribution in [-0.4, -0.2) is 31.0 Å². The van der Waals surface area contributed by atoms with Crippen molar-refractivity contribution < 1.29 is 19.1 Å². The molecule has 7 heteroatoms. The molecular weight excluding hydrogens is 454 g/mol. The van der Waals surface area contributed by atoms with Gasteiger partial charge in [-0.25, -0.2) is 0 Å². The van der Waals surface area contributed by atoms with E-state index in [1.54, 1.807) is 0 Å². The van der Waals surface area contributed by atoms with E-state index in [0.29, 0.717) is 5.75 Å². The van der Waals surface area contributed by atoms with Crippen molar-refractivity contribution in [3.05, 3.63) is 64.1 Å². The van der Waals surface area contributed by atoms with Crippen LogP contribution in [0.3, 0.4) is 0 Å². The summed E-state index contributed by atoms with van der Waals surface area (Å²) in [5.74, 6) is -1.05. The first-order valence-corrected chi connectivity index (χ1v) is 11.1. The van der Waals surface area contributed by atoms with Crippen LogP contribution in [0.2, 0.25) is 0 Å². The predicted molar refractivity (Wildman–Crippen MR) is 116 cm³/mol. The summed E-state index contributed by atoms with van der Waals surface area (Å²) in [5, 5.41) is 3.02. The number of carbonyl (C=O) groups is 3. The third-order valence-corrected chi connectivity index (χ3v) is 8.22. The van der Waals surface area contributed by atoms with E-state index in [1.165, 1.54) is 18.9 Å². The molecule has 1 spiro atoms. The molecule has 0 saturated carbocycles. The van der Waals surface area contributed by atoms with Gasteiger partial charge >= 0.3 is 5.97 Å². The van der Waals surface area contributed by atoms with E-state index in [9.17, 15) is 14.4 Å². The molecule has 1 fully saturated rings. The third-order valence-electron chi connectivity index (χ3n) is 5.85. The Morgan fingerprint density at radius 1 is 1.28 bits per heavy atom. The smallest absolute Gasteiger partial charge is 0.305 e. The highest BCUT2D eigenvalue weighted by Gasteiger charge is 2.60. The Kier molecular flexibility index (Phi) is 5.53. The molecule has 1 amide bonds. The molecule has 1 N–H and O–H groups in total. The number of amides is 1. The molecule has 2 aliphatic rings. The number of ether oxygens (including phenoxy) is 1. The number of carbonyl (C=O) groups excluding carboxylic acids is 3. The van der Waals surface area contributed by atoms with Gasteiger partial charge in [-0.2, -0.15) is 0 Å². The van der Waals surface area contributed by atoms with Gasteiger partial charge in [-0.05, 0) is 39.2 Å². The number of aldehydes is 1. The summed E-state index contributed by atoms with van der Waals surface area (Å²) in [4.78, 5) is 37.7. The maximum atomic E-state index is 13.4. The standard InChI is InChI=1S/C22H20BrNO4S/c1-28-18(26)10-14-12-29-22(16-8-5-9-17(23)20(16)24-21(22)27)19(15(14)11-25)13-6-3-2-4-7-13/h2-9,11,14-15,19H,10,12H2,1H3,(H,24,27). The van der Waals surface area contributed by atoms with Gasteiger partial charge in [0.15, 0.2) is 0 Å². The van der Waals surface area contributed by atoms with E-state index in [-0.39, 0.29) is 24.2 Å². The Hall–Kier alpha value is -2.12. The van der Waals surface area contributed by atoms with Crippen LogP contribution in [0.25, 0.3) is 0 Å². The highest BCUT2D eigenvalue weighted by Crippen LogP contribution is 2.62. The zero-order valence-corrected chi connectivity index (χ0v) is 18.2. The number of anilines is 1. The van der Waals surface area contributed by atoms with Crippen LogP contribution in [0.15, 0.2) is 53.0 Å². The van der Waals surface area contributed by atoms with Crippen LogP contribution in [0.4, 0.5) is 5.69 Å². The Labute approximate surface area is 181 Å². The number of rotatable bonds is 4. The predicted octanol–water partition coefficient (Wildman–Crippen LogP) is 4.12. The Morgan fingerprint density at radius 3 is 2.72 bits per heavy atom. The summed E-state index contributed by atoms with van der Waals surface area (Å²) >= 11 is 5.05. The van der Waals surface area contributed by atoms with Crippen molar-refractivity contribution >= 4 is 51.5 Å². The van der Waals surface area contributed by atoms with Crippen LogP contribution in [0, 0.1) is 11.8 Å². The second-order valence-electron chi connectivity index (χ2n) is 7.31. The second-order valence-corrected chi connectivity index (χ2v) is 9.43. The maximum Gasteiger partial charge on any atom is 0.305 e. The summed E-state index contributed by atoms with van der Waals surface area (Å²) in [5.41, 5.74) is 2.54. The Bertz CT molecular complexity index is 967. The number of fused-ring (bicyclic) bond motifs is 2. The molecule has 0 aromatic heterocycles. The van der Waals surface area contributed by atoms with Gasteiger partial charge in [-0.3, -0.25) is 9.59 Å². The lowest BCUT2D eigenvalue weighted by molar-refractivity contribution is -0.142. The van der Waals surface area contributed by atoms with E-state index in [4.69, 9.17) is 4.74 Å². The van der Waals surface area contributed by atoms with Gasteiger partial charge in [0.05, 0.1) is 12.8 Å². The van der Waals surface area contributed by atoms with Crippen molar-refractivity contribution in [2.24, 2.45) is 11.8 Å². The van der Waals surface area contributed by atoms with Crippen LogP contribution >= 0.6 is 27.7 Å². The van der Waals surface area contributed by atoms with Crippen LogP contribution in [-0.2, 0) is 23.9 Å². The fourth-order valence-electron chi connectivity index (χ4n) is 4.52. The topological polar surface area (TPSA) is 72.5 Å². The van der Waals surface area contributed by atoms with Crippen molar-refractivity contribution in [1.29, 1.82) is 0 Å². The normalized spacial score (nSPS) is 27.9. The summed E-state index contributed by atoms with van der Waals surface area (Å²) in [6.07, 6.45) is 1.06. The van der Waals surface area contributed by atoms with Crippen LogP contribution in [0.1, 0.15) is 23.5 Å². The summed E-state index contributed by atoms with van der Waals surface area (Å²) in [6.45, 7) is 0. The molecule has 150 valence electrons. The van der Waals surface area contributed by atoms with Crippen LogP contribution < -0.4 is 5.32 Å². The molecule has 2 aliphatic heterocycles. The minimum Gasteiger partial charge on any atom is -0.469 e. The molecule has 2 aromatic rings. The van der Waals surface area contributed by atoms with E-state index < -0.39 is 16.6 Å². The summed E-state index contributed by atoms with van der Waals surface area (Å²) in [7, 11) is 1.35. The monoisotopic (exact) mass is 473 g/mol. The number of para-hydroxylation sites is 1. The number of methoxy groups -OCH3 is 1. The third kappa shape index (κ3) is 3.20. The molecular formula is C22H20BrNO4S. The van der Waals surface area contributed by atoms with E-state index >= 15 is 0 Å². The van der Waals surface area contributed by atoms with Gasteiger partial charge < -0.3 is 14.8 Å². The molecule has 2 heterocycles. The second kappa shape index (κ2) is 7.95. The first kappa shape index (κ1) is 20.2. The van der Waals surface area contributed by atoms with Gasteiger partial charge in [0.25, 0.3) is 0 Å². The first-order valence-electron chi connectivity index (χ1n) is 9.34. The van der Waals surface area contributed by atoms with Crippen molar-refractivity contribution in [3.8, 4) is 0 Å². The fourth-order valence-corrected chi connectivity index (χ4v) is 6.79. The lowest BCUT2D eigenvalue weighted by Crippen LogP contribution is -2.48. The van der Waals surface area contributed by atoms with Gasteiger partial charge in [-0.1, -0.05) is 42.5 Å². The number of halogens is 1. The maximum absolute atomic E-state index is 13.4. The highest BCUT2D eigenvalue weighted by molar-refractivity contribution is 9.10. The molecule has 4 rings (SSSR count). The molecule has 1 saturated heterocycles. The van der Waals surface area contributed by atoms with E-state index in [0.717, 1.165) is 27.6 Å². The Morgan fingerprint density at radius 2 is 2.03 bits per heavy atom. The molecule has 4 unspecified atom stereocenters. The average Bonchev–Trinajstić information content (AvgIpc) is 3.03. The minimum absolute atomic E-state index is 0.123. The largest absolute Gasteiger partial charge is 0.469 e. The molecule has 0 bridgehead atoms. The zero-order chi connectivity index (χ0) is 20.6. The number of hydrogen-bond donors (Lipinski definition) is 1. The molecule has 2 aromatic carbocycles. The SMILES string of the molecule is COC(=O)CC1CSC2(C(=O)Nc3c(Br)cccc32)C(c2ccccc2)C1C=O. The van der Waals surface area contributed by atoms with Gasteiger partial charge in [0, 0.05) is 28.3 Å². The lowest BCUT2D eigenvalue weighted by atomic mass is 9.68. The number of esters is 1. The van der Waals surface area contributed by atoms with Crippen molar-refractivity contribution in [3.63, 3.8) is 0 Å². The quantitative estimate of drug-likeness (QED) is 0.533. The number of nitrogens with one attached hydrogen (secondary N) is 1. The highest BCUT2D eigenvalue weighted by atomic mass is 79.9. The number of thioether (sulfide) groups is 1. The lowest BCUT2D eigenvalue weighted by Gasteiger charge is -2.46. The Balaban J connectivity index is 1.89. The summed E-state index contributed by atoms with van der Waals surface area (Å²) in [6, 6.07) is 15.4. The van der Waals surface area contributed by atoms with E-state index in [1.807, 2.05) is 48.5 Å². The zero-order valence-electron chi connectivity index (χ0n) is 15.8. The molecule has 0 aliphatic carbocycles. The van der Waals surface area contributed by atoms with Crippen molar-refractivity contribution in [2.45, 2.75) is 17.1 Å². The van der Waals surface area contributed by atoms with Crippen LogP contribution in [0.5, 0.6) is 0 Å². The van der Waals surface area contributed by atoms with Gasteiger partial charge in [0.1, 0.15) is 11.0 Å². The fraction of sp³-hybridized carbons (Fsp3) is 0.318. The number of benzene rings is 2. The molecule has 0 radical (unpaired) electrons. The first-order chi connectivity index (χ1) is 14.0. The van der Waals surface area contributed by atoms with Gasteiger partial charge in [-0.15, -0.1) is 11.8 Å². The van der Waals surface area contributed by atoms with Gasteiger partial charge in [0.2, 0.25) is 5.91 Å². The minimum atomic E-state index is -0.932. The number of hydrogen-bond acceptors (Lipinski definition) is 5.